The highest BCUT2D eigenvalue weighted by molar-refractivity contribution is 6.02. The van der Waals surface area contributed by atoms with Crippen molar-refractivity contribution in [3.8, 4) is 5.75 Å². The molecule has 0 saturated heterocycles. The Balaban J connectivity index is 3.24. The van der Waals surface area contributed by atoms with Gasteiger partial charge >= 0.3 is 0 Å². The molecule has 0 unspecified atom stereocenters. The van der Waals surface area contributed by atoms with E-state index in [1.165, 1.54) is 12.1 Å². The number of nitrogens with zero attached hydrogens (tertiary/aromatic N) is 2. The van der Waals surface area contributed by atoms with Gasteiger partial charge in [-0.1, -0.05) is 19.1 Å². The zero-order valence-electron chi connectivity index (χ0n) is 9.34. The van der Waals surface area contributed by atoms with E-state index >= 15 is 0 Å². The Hall–Kier alpha value is -1.97. The van der Waals surface area contributed by atoms with Crippen LogP contribution in [0.15, 0.2) is 39.0 Å². The molecule has 0 aromatic heterocycles. The van der Waals surface area contributed by atoms with Gasteiger partial charge in [0, 0.05) is 24.9 Å². The molecule has 0 heterocycles. The standard InChI is InChI=1S/C12H14N2O2/c1-3-7-14-12(13-2)9-5-4-6-10(15)11(16)8-9/h4-8H,3H2,1-2H3,(H,15,16). The van der Waals surface area contributed by atoms with Crippen molar-refractivity contribution in [2.45, 2.75) is 13.3 Å². The summed E-state index contributed by atoms with van der Waals surface area (Å²) in [6.07, 6.45) is 2.52. The van der Waals surface area contributed by atoms with E-state index in [-0.39, 0.29) is 5.75 Å². The molecule has 0 bridgehead atoms. The Morgan fingerprint density at radius 3 is 2.88 bits per heavy atom. The topological polar surface area (TPSA) is 62.0 Å². The largest absolute Gasteiger partial charge is 0.504 e. The monoisotopic (exact) mass is 218 g/mol. The van der Waals surface area contributed by atoms with Gasteiger partial charge < -0.3 is 5.11 Å². The Morgan fingerprint density at radius 2 is 2.25 bits per heavy atom. The lowest BCUT2D eigenvalue weighted by molar-refractivity contribution is 0.471. The molecule has 1 aromatic rings. The fraction of sp³-hybridized carbons (Fsp3) is 0.250. The molecule has 0 spiro atoms. The van der Waals surface area contributed by atoms with Gasteiger partial charge in [-0.3, -0.25) is 9.79 Å². The third-order valence-electron chi connectivity index (χ3n) is 1.94. The normalized spacial score (nSPS) is 12.0. The summed E-state index contributed by atoms with van der Waals surface area (Å²) in [6.45, 7) is 1.96. The Labute approximate surface area is 94.0 Å². The van der Waals surface area contributed by atoms with Gasteiger partial charge in [0.1, 0.15) is 0 Å². The van der Waals surface area contributed by atoms with Crippen LogP contribution in [0.2, 0.25) is 0 Å². The minimum Gasteiger partial charge on any atom is -0.504 e. The van der Waals surface area contributed by atoms with Crippen LogP contribution < -0.4 is 5.43 Å². The number of hydrogen-bond donors (Lipinski definition) is 1. The second kappa shape index (κ2) is 5.80. The summed E-state index contributed by atoms with van der Waals surface area (Å²) in [4.78, 5) is 19.5. The molecule has 0 aliphatic carbocycles. The minimum atomic E-state index is -0.437. The molecule has 0 aliphatic rings. The molecule has 16 heavy (non-hydrogen) atoms. The van der Waals surface area contributed by atoms with E-state index in [2.05, 4.69) is 9.98 Å². The van der Waals surface area contributed by atoms with E-state index < -0.39 is 5.43 Å². The quantitative estimate of drug-likeness (QED) is 0.605. The van der Waals surface area contributed by atoms with Crippen LogP contribution in [0, 0.1) is 0 Å². The van der Waals surface area contributed by atoms with Crippen molar-refractivity contribution in [1.29, 1.82) is 0 Å². The second-order valence-corrected chi connectivity index (χ2v) is 3.14. The van der Waals surface area contributed by atoms with Crippen molar-refractivity contribution in [2.24, 2.45) is 9.98 Å². The van der Waals surface area contributed by atoms with Gasteiger partial charge in [-0.2, -0.15) is 0 Å². The van der Waals surface area contributed by atoms with Crippen LogP contribution in [0.25, 0.3) is 0 Å². The average Bonchev–Trinajstić information content (AvgIpc) is 2.43. The Bertz CT molecular complexity index is 479. The maximum Gasteiger partial charge on any atom is 0.220 e. The predicted molar refractivity (Wildman–Crippen MR) is 65.6 cm³/mol. The minimum absolute atomic E-state index is 0.277. The lowest BCUT2D eigenvalue weighted by Gasteiger charge is -1.95. The van der Waals surface area contributed by atoms with E-state index in [9.17, 15) is 9.90 Å². The van der Waals surface area contributed by atoms with Crippen LogP contribution in [-0.4, -0.2) is 24.2 Å². The maximum atomic E-state index is 11.4. The van der Waals surface area contributed by atoms with Crippen LogP contribution in [-0.2, 0) is 0 Å². The van der Waals surface area contributed by atoms with Crippen molar-refractivity contribution in [3.63, 3.8) is 0 Å². The van der Waals surface area contributed by atoms with Crippen molar-refractivity contribution < 1.29 is 5.11 Å². The zero-order chi connectivity index (χ0) is 12.0. The van der Waals surface area contributed by atoms with Gasteiger partial charge in [0.2, 0.25) is 5.43 Å². The van der Waals surface area contributed by atoms with Gasteiger partial charge in [-0.15, -0.1) is 0 Å². The summed E-state index contributed by atoms with van der Waals surface area (Å²) in [5.74, 6) is 0.204. The van der Waals surface area contributed by atoms with Crippen LogP contribution >= 0.6 is 0 Å². The molecule has 1 aromatic carbocycles. The molecule has 0 atom stereocenters. The first-order valence-electron chi connectivity index (χ1n) is 5.02. The second-order valence-electron chi connectivity index (χ2n) is 3.14. The summed E-state index contributed by atoms with van der Waals surface area (Å²) < 4.78 is 0. The van der Waals surface area contributed by atoms with Gasteiger partial charge in [0.25, 0.3) is 0 Å². The molecule has 0 fully saturated rings. The van der Waals surface area contributed by atoms with Gasteiger partial charge in [0.05, 0.1) is 0 Å². The van der Waals surface area contributed by atoms with E-state index in [0.717, 1.165) is 6.42 Å². The van der Waals surface area contributed by atoms with E-state index in [4.69, 9.17) is 0 Å². The number of hydrogen-bond acceptors (Lipinski definition) is 3. The first-order chi connectivity index (χ1) is 7.69. The SMILES string of the molecule is CCC=NC(=NC)c1cccc(O)c(=O)c1. The zero-order valence-corrected chi connectivity index (χ0v) is 9.34. The predicted octanol–water partition coefficient (Wildman–Crippen LogP) is 1.61. The van der Waals surface area contributed by atoms with Crippen molar-refractivity contribution in [1.82, 2.24) is 0 Å². The molecule has 4 heteroatoms. The molecule has 0 aliphatic heterocycles. The Kier molecular flexibility index (Phi) is 4.39. The van der Waals surface area contributed by atoms with Gasteiger partial charge in [-0.05, 0) is 12.5 Å². The van der Waals surface area contributed by atoms with Crippen LogP contribution in [0.3, 0.4) is 0 Å². The fourth-order valence-corrected chi connectivity index (χ4v) is 1.17. The van der Waals surface area contributed by atoms with E-state index in [0.29, 0.717) is 11.4 Å². The highest BCUT2D eigenvalue weighted by atomic mass is 16.3. The molecular formula is C12H14N2O2. The maximum absolute atomic E-state index is 11.4. The first-order valence-corrected chi connectivity index (χ1v) is 5.02. The van der Waals surface area contributed by atoms with Crippen LogP contribution in [0.1, 0.15) is 18.9 Å². The smallest absolute Gasteiger partial charge is 0.220 e. The summed E-state index contributed by atoms with van der Waals surface area (Å²) >= 11 is 0. The first kappa shape index (κ1) is 12.1. The molecule has 84 valence electrons. The number of amidine groups is 1. The molecule has 0 amide bonds. The highest BCUT2D eigenvalue weighted by Crippen LogP contribution is 2.03. The average molecular weight is 218 g/mol. The third kappa shape index (κ3) is 3.02. The highest BCUT2D eigenvalue weighted by Gasteiger charge is 2.01. The van der Waals surface area contributed by atoms with Crippen LogP contribution in [0.4, 0.5) is 0 Å². The summed E-state index contributed by atoms with van der Waals surface area (Å²) in [6, 6.07) is 5.96. The van der Waals surface area contributed by atoms with E-state index in [1.54, 1.807) is 25.4 Å². The molecule has 1 rings (SSSR count). The van der Waals surface area contributed by atoms with Crippen molar-refractivity contribution >= 4 is 12.1 Å². The van der Waals surface area contributed by atoms with Crippen molar-refractivity contribution in [2.75, 3.05) is 7.05 Å². The summed E-state index contributed by atoms with van der Waals surface area (Å²) in [5, 5.41) is 9.24. The van der Waals surface area contributed by atoms with Gasteiger partial charge in [0.15, 0.2) is 11.6 Å². The summed E-state index contributed by atoms with van der Waals surface area (Å²) in [5.41, 5.74) is 0.158. The molecule has 4 nitrogen and oxygen atoms in total. The fourth-order valence-electron chi connectivity index (χ4n) is 1.17. The molecular weight excluding hydrogens is 204 g/mol. The molecule has 1 N–H and O–H groups in total. The molecule has 0 saturated carbocycles. The molecule has 0 radical (unpaired) electrons. The lowest BCUT2D eigenvalue weighted by atomic mass is 10.2. The van der Waals surface area contributed by atoms with Crippen LogP contribution in [0.5, 0.6) is 5.75 Å². The van der Waals surface area contributed by atoms with E-state index in [1.807, 2.05) is 6.92 Å². The van der Waals surface area contributed by atoms with Gasteiger partial charge in [-0.25, -0.2) is 4.99 Å². The number of aliphatic imine (C=N–C) groups is 2. The van der Waals surface area contributed by atoms with Crippen molar-refractivity contribution in [3.05, 3.63) is 40.1 Å². The lowest BCUT2D eigenvalue weighted by Crippen LogP contribution is -2.01. The third-order valence-corrected chi connectivity index (χ3v) is 1.94. The number of aromatic hydroxyl groups is 1. The Morgan fingerprint density at radius 1 is 1.50 bits per heavy atom. The number of rotatable bonds is 2. The summed E-state index contributed by atoms with van der Waals surface area (Å²) in [7, 11) is 1.61.